The lowest BCUT2D eigenvalue weighted by Gasteiger charge is -2.31. The average molecular weight is 757 g/mol. The molecular weight excluding hydrogens is 714 g/mol. The summed E-state index contributed by atoms with van der Waals surface area (Å²) in [5.41, 5.74) is 11.7. The van der Waals surface area contributed by atoms with Gasteiger partial charge in [-0.05, 0) is 123 Å². The van der Waals surface area contributed by atoms with E-state index in [1.165, 1.54) is 0 Å². The van der Waals surface area contributed by atoms with Crippen molar-refractivity contribution in [3.05, 3.63) is 143 Å². The van der Waals surface area contributed by atoms with E-state index in [0.717, 1.165) is 67.3 Å². The number of hydrogen-bond acceptors (Lipinski definition) is 8. The summed E-state index contributed by atoms with van der Waals surface area (Å²) >= 11 is 0. The lowest BCUT2D eigenvalue weighted by atomic mass is 9.87. The van der Waals surface area contributed by atoms with Crippen LogP contribution >= 0.6 is 17.2 Å². The van der Waals surface area contributed by atoms with Gasteiger partial charge in [0.15, 0.2) is 23.0 Å². The van der Waals surface area contributed by atoms with Crippen LogP contribution in [0.2, 0.25) is 0 Å². The van der Waals surface area contributed by atoms with Gasteiger partial charge in [-0.1, -0.05) is 60.7 Å². The third-order valence-corrected chi connectivity index (χ3v) is 12.2. The van der Waals surface area contributed by atoms with Gasteiger partial charge >= 0.3 is 17.2 Å². The molecule has 0 N–H and O–H groups in total. The number of para-hydroxylation sites is 8. The highest BCUT2D eigenvalue weighted by atomic mass is 31.2. The Kier molecular flexibility index (Phi) is 9.51. The molecule has 2 aliphatic rings. The van der Waals surface area contributed by atoms with Gasteiger partial charge in [-0.25, -0.2) is 0 Å². The Hall–Kier alpha value is -5.42. The minimum Gasteiger partial charge on any atom is -0.408 e. The first-order valence-electron chi connectivity index (χ1n) is 17.8. The molecule has 274 valence electrons. The minimum absolute atomic E-state index is 0.663. The molecule has 6 aromatic carbocycles. The molecule has 8 rings (SSSR count). The number of nitrogens with zero attached hydrogens (tertiary/aromatic N) is 2. The zero-order valence-electron chi connectivity index (χ0n) is 31.6. The van der Waals surface area contributed by atoms with E-state index in [2.05, 4.69) is 63.5 Å². The van der Waals surface area contributed by atoms with Crippen molar-refractivity contribution < 1.29 is 27.1 Å². The Morgan fingerprint density at radius 1 is 0.407 bits per heavy atom. The lowest BCUT2D eigenvalue weighted by Crippen LogP contribution is -2.16. The Morgan fingerprint density at radius 3 is 0.981 bits per heavy atom. The predicted molar refractivity (Wildman–Crippen MR) is 220 cm³/mol. The van der Waals surface area contributed by atoms with E-state index >= 15 is 0 Å². The molecule has 6 aromatic rings. The minimum atomic E-state index is -1.97. The fourth-order valence-electron chi connectivity index (χ4n) is 7.05. The van der Waals surface area contributed by atoms with E-state index in [-0.39, 0.29) is 0 Å². The molecular formula is C44H42N2O6P2. The van der Waals surface area contributed by atoms with Crippen LogP contribution in [0.3, 0.4) is 0 Å². The van der Waals surface area contributed by atoms with E-state index in [1.54, 1.807) is 0 Å². The smallest absolute Gasteiger partial charge is 0.408 e. The number of rotatable bonds is 5. The summed E-state index contributed by atoms with van der Waals surface area (Å²) in [5.74, 6) is 4.00. The molecule has 0 atom stereocenters. The Balaban J connectivity index is 1.26. The third kappa shape index (κ3) is 6.44. The molecule has 0 unspecified atom stereocenters. The molecule has 10 heteroatoms. The van der Waals surface area contributed by atoms with Gasteiger partial charge in [0.1, 0.15) is 11.5 Å². The Morgan fingerprint density at radius 2 is 0.685 bits per heavy atom. The van der Waals surface area contributed by atoms with Crippen LogP contribution in [0.5, 0.6) is 34.5 Å². The molecule has 0 saturated carbocycles. The topological polar surface area (TPSA) is 61.9 Å². The van der Waals surface area contributed by atoms with Crippen molar-refractivity contribution in [3.8, 4) is 45.6 Å². The standard InChI is InChI=1S/C44H42N2O6P2/c1-27-25-29(3)43(51-53-47-37-21-13-9-17-33(37)45(7)34-18-10-14-22-38(34)48-53)41(31(27)5)42-32(6)28(2)26-30(4)44(42)52-54-49-39-23-15-11-19-35(39)46(8)36-20-12-16-24-40(36)50-54/h9-26H,1-8H3. The number of aryl methyl sites for hydroxylation is 4. The summed E-state index contributed by atoms with van der Waals surface area (Å²) in [6, 6.07) is 36.1. The zero-order valence-corrected chi connectivity index (χ0v) is 33.4. The Bertz CT molecular complexity index is 2140. The normalized spacial score (nSPS) is 13.9. The van der Waals surface area contributed by atoms with Crippen LogP contribution in [0.1, 0.15) is 33.4 Å². The van der Waals surface area contributed by atoms with Crippen LogP contribution in [-0.4, -0.2) is 14.1 Å². The fraction of sp³-hybridized carbons (Fsp3) is 0.182. The molecule has 0 bridgehead atoms. The van der Waals surface area contributed by atoms with Crippen LogP contribution in [0, 0.1) is 41.5 Å². The summed E-state index contributed by atoms with van der Waals surface area (Å²) in [7, 11) is 0.0862. The highest BCUT2D eigenvalue weighted by Gasteiger charge is 2.34. The SMILES string of the molecule is Cc1cc(C)c(OP2Oc3ccccc3N(C)c3ccccc3O2)c(-c2c(C)c(C)cc(C)c2OP2Oc3ccccc3N(C)c3ccccc3O2)c1C. The molecule has 0 fully saturated rings. The predicted octanol–water partition coefficient (Wildman–Crippen LogP) is 12.9. The first-order valence-corrected chi connectivity index (χ1v) is 20.0. The number of benzene rings is 6. The molecule has 54 heavy (non-hydrogen) atoms. The second-order valence-electron chi connectivity index (χ2n) is 13.7. The van der Waals surface area contributed by atoms with Crippen molar-refractivity contribution >= 4 is 40.0 Å². The first kappa shape index (κ1) is 35.6. The van der Waals surface area contributed by atoms with Gasteiger partial charge in [-0.3, -0.25) is 0 Å². The van der Waals surface area contributed by atoms with Gasteiger partial charge in [-0.15, -0.1) is 0 Å². The molecule has 0 spiro atoms. The van der Waals surface area contributed by atoms with Crippen LogP contribution in [0.15, 0.2) is 109 Å². The van der Waals surface area contributed by atoms with Crippen molar-refractivity contribution in [2.75, 3.05) is 23.9 Å². The van der Waals surface area contributed by atoms with Crippen molar-refractivity contribution in [3.63, 3.8) is 0 Å². The number of fused-ring (bicyclic) bond motifs is 4. The van der Waals surface area contributed by atoms with E-state index < -0.39 is 17.2 Å². The van der Waals surface area contributed by atoms with E-state index in [0.29, 0.717) is 34.5 Å². The monoisotopic (exact) mass is 756 g/mol. The highest BCUT2D eigenvalue weighted by Crippen LogP contribution is 2.57. The second kappa shape index (κ2) is 14.4. The number of anilines is 4. The first-order chi connectivity index (χ1) is 26.1. The molecule has 8 nitrogen and oxygen atoms in total. The van der Waals surface area contributed by atoms with Crippen LogP contribution in [0.4, 0.5) is 22.7 Å². The van der Waals surface area contributed by atoms with Gasteiger partial charge in [-0.2, -0.15) is 0 Å². The van der Waals surface area contributed by atoms with Crippen molar-refractivity contribution in [1.29, 1.82) is 0 Å². The van der Waals surface area contributed by atoms with Crippen LogP contribution < -0.4 is 36.9 Å². The molecule has 2 heterocycles. The second-order valence-corrected chi connectivity index (χ2v) is 15.7. The summed E-state index contributed by atoms with van der Waals surface area (Å²) in [6.45, 7) is 12.6. The summed E-state index contributed by atoms with van der Waals surface area (Å²) in [5, 5.41) is 0. The van der Waals surface area contributed by atoms with E-state index in [9.17, 15) is 0 Å². The molecule has 0 saturated heterocycles. The summed E-state index contributed by atoms with van der Waals surface area (Å²) in [4.78, 5) is 4.14. The lowest BCUT2D eigenvalue weighted by molar-refractivity contribution is 0.382. The van der Waals surface area contributed by atoms with Gasteiger partial charge in [0.05, 0.1) is 22.7 Å². The Labute approximate surface area is 319 Å². The number of hydrogen-bond donors (Lipinski definition) is 0. The van der Waals surface area contributed by atoms with E-state index in [4.69, 9.17) is 27.1 Å². The maximum absolute atomic E-state index is 7.00. The van der Waals surface area contributed by atoms with Gasteiger partial charge < -0.3 is 36.9 Å². The summed E-state index contributed by atoms with van der Waals surface area (Å²) < 4.78 is 40.5. The zero-order chi connectivity index (χ0) is 37.7. The maximum atomic E-state index is 7.00. The molecule has 0 aromatic heterocycles. The maximum Gasteiger partial charge on any atom is 0.530 e. The van der Waals surface area contributed by atoms with Crippen molar-refractivity contribution in [1.82, 2.24) is 0 Å². The third-order valence-electron chi connectivity index (χ3n) is 10.1. The van der Waals surface area contributed by atoms with Crippen molar-refractivity contribution in [2.24, 2.45) is 0 Å². The molecule has 0 aliphatic carbocycles. The van der Waals surface area contributed by atoms with Gasteiger partial charge in [0.25, 0.3) is 0 Å². The van der Waals surface area contributed by atoms with Crippen LogP contribution in [0.25, 0.3) is 11.1 Å². The average Bonchev–Trinajstić information content (AvgIpc) is 3.16. The van der Waals surface area contributed by atoms with Crippen LogP contribution in [-0.2, 0) is 0 Å². The fourth-order valence-corrected chi connectivity index (χ4v) is 9.30. The highest BCUT2D eigenvalue weighted by molar-refractivity contribution is 7.43. The quantitative estimate of drug-likeness (QED) is 0.161. The van der Waals surface area contributed by atoms with Gasteiger partial charge in [0.2, 0.25) is 0 Å². The summed E-state index contributed by atoms with van der Waals surface area (Å²) in [6.07, 6.45) is 0. The van der Waals surface area contributed by atoms with Gasteiger partial charge in [0, 0.05) is 25.2 Å². The largest absolute Gasteiger partial charge is 0.530 e. The van der Waals surface area contributed by atoms with Crippen molar-refractivity contribution in [2.45, 2.75) is 41.5 Å². The van der Waals surface area contributed by atoms with E-state index in [1.807, 2.05) is 111 Å². The molecule has 0 radical (unpaired) electrons. The molecule has 2 aliphatic heterocycles. The molecule has 0 amide bonds.